The number of aryl methyl sites for hydroxylation is 1. The van der Waals surface area contributed by atoms with Crippen molar-refractivity contribution in [3.63, 3.8) is 0 Å². The summed E-state index contributed by atoms with van der Waals surface area (Å²) in [6.45, 7) is 5.41. The first kappa shape index (κ1) is 14.2. The zero-order chi connectivity index (χ0) is 13.8. The number of benzene rings is 1. The third kappa shape index (κ3) is 4.99. The van der Waals surface area contributed by atoms with Gasteiger partial charge in [-0.25, -0.2) is 0 Å². The average Bonchev–Trinajstić information content (AvgIpc) is 2.18. The Morgan fingerprint density at radius 2 is 1.72 bits per heavy atom. The van der Waals surface area contributed by atoms with Crippen molar-refractivity contribution in [1.82, 2.24) is 0 Å². The SMILES string of the molecule is Cc1ccc(OC(=O)CC(C)(C)CC(=O)O)cc1. The molecule has 0 saturated heterocycles. The molecule has 0 aromatic heterocycles. The highest BCUT2D eigenvalue weighted by molar-refractivity contribution is 5.75. The molecule has 0 aliphatic heterocycles. The molecule has 1 aromatic rings. The van der Waals surface area contributed by atoms with Crippen LogP contribution in [0.1, 0.15) is 32.3 Å². The van der Waals surface area contributed by atoms with E-state index in [0.29, 0.717) is 5.75 Å². The highest BCUT2D eigenvalue weighted by atomic mass is 16.5. The van der Waals surface area contributed by atoms with Crippen molar-refractivity contribution >= 4 is 11.9 Å². The van der Waals surface area contributed by atoms with E-state index in [1.54, 1.807) is 26.0 Å². The smallest absolute Gasteiger partial charge is 0.311 e. The summed E-state index contributed by atoms with van der Waals surface area (Å²) in [7, 11) is 0. The fraction of sp³-hybridized carbons (Fsp3) is 0.429. The lowest BCUT2D eigenvalue weighted by molar-refractivity contribution is -0.141. The Hall–Kier alpha value is -1.84. The number of carboxylic acids is 1. The fourth-order valence-electron chi connectivity index (χ4n) is 1.64. The van der Waals surface area contributed by atoms with Gasteiger partial charge in [-0.2, -0.15) is 0 Å². The van der Waals surface area contributed by atoms with Gasteiger partial charge >= 0.3 is 11.9 Å². The maximum absolute atomic E-state index is 11.7. The molecule has 0 atom stereocenters. The van der Waals surface area contributed by atoms with E-state index >= 15 is 0 Å². The topological polar surface area (TPSA) is 63.6 Å². The van der Waals surface area contributed by atoms with Gasteiger partial charge in [0.1, 0.15) is 5.75 Å². The molecule has 1 aromatic carbocycles. The van der Waals surface area contributed by atoms with Gasteiger partial charge in [0.15, 0.2) is 0 Å². The van der Waals surface area contributed by atoms with Crippen LogP contribution in [0, 0.1) is 12.3 Å². The van der Waals surface area contributed by atoms with Crippen molar-refractivity contribution in [2.75, 3.05) is 0 Å². The van der Waals surface area contributed by atoms with Crippen LogP contribution in [0.15, 0.2) is 24.3 Å². The highest BCUT2D eigenvalue weighted by Crippen LogP contribution is 2.26. The van der Waals surface area contributed by atoms with Gasteiger partial charge in [0.05, 0.1) is 12.8 Å². The van der Waals surface area contributed by atoms with Crippen LogP contribution in [-0.2, 0) is 9.59 Å². The molecule has 0 aliphatic rings. The maximum atomic E-state index is 11.7. The van der Waals surface area contributed by atoms with Gasteiger partial charge in [0.2, 0.25) is 0 Å². The average molecular weight is 250 g/mol. The minimum atomic E-state index is -0.914. The third-order valence-electron chi connectivity index (χ3n) is 2.51. The summed E-state index contributed by atoms with van der Waals surface area (Å²) >= 11 is 0. The minimum absolute atomic E-state index is 0.0595. The Morgan fingerprint density at radius 3 is 2.22 bits per heavy atom. The van der Waals surface area contributed by atoms with Crippen molar-refractivity contribution in [3.8, 4) is 5.75 Å². The van der Waals surface area contributed by atoms with Crippen molar-refractivity contribution in [3.05, 3.63) is 29.8 Å². The lowest BCUT2D eigenvalue weighted by Crippen LogP contribution is -2.23. The first-order valence-corrected chi connectivity index (χ1v) is 5.78. The lowest BCUT2D eigenvalue weighted by Gasteiger charge is -2.20. The van der Waals surface area contributed by atoms with E-state index in [1.165, 1.54) is 0 Å². The number of carboxylic acid groups (broad SMARTS) is 1. The molecular formula is C14H18O4. The Balaban J connectivity index is 2.56. The monoisotopic (exact) mass is 250 g/mol. The van der Waals surface area contributed by atoms with Crippen LogP contribution < -0.4 is 4.74 Å². The van der Waals surface area contributed by atoms with E-state index in [1.807, 2.05) is 19.1 Å². The van der Waals surface area contributed by atoms with Crippen LogP contribution in [-0.4, -0.2) is 17.0 Å². The molecule has 18 heavy (non-hydrogen) atoms. The molecule has 1 rings (SSSR count). The summed E-state index contributed by atoms with van der Waals surface area (Å²) in [5, 5.41) is 8.73. The number of ether oxygens (including phenoxy) is 1. The molecule has 0 fully saturated rings. The molecule has 0 bridgehead atoms. The van der Waals surface area contributed by atoms with E-state index in [4.69, 9.17) is 9.84 Å². The second kappa shape index (κ2) is 5.67. The summed E-state index contributed by atoms with van der Waals surface area (Å²) < 4.78 is 5.15. The van der Waals surface area contributed by atoms with Gasteiger partial charge in [0, 0.05) is 0 Å². The normalized spacial score (nSPS) is 11.1. The van der Waals surface area contributed by atoms with Gasteiger partial charge < -0.3 is 9.84 Å². The molecule has 0 heterocycles. The van der Waals surface area contributed by atoms with Crippen LogP contribution in [0.25, 0.3) is 0 Å². The molecule has 0 saturated carbocycles. The summed E-state index contributed by atoms with van der Waals surface area (Å²) in [5.74, 6) is -0.843. The molecule has 0 radical (unpaired) electrons. The molecule has 0 unspecified atom stereocenters. The number of hydrogen-bond donors (Lipinski definition) is 1. The van der Waals surface area contributed by atoms with Gasteiger partial charge in [0.25, 0.3) is 0 Å². The van der Waals surface area contributed by atoms with Crippen LogP contribution in [0.2, 0.25) is 0 Å². The fourth-order valence-corrected chi connectivity index (χ4v) is 1.64. The zero-order valence-electron chi connectivity index (χ0n) is 10.9. The largest absolute Gasteiger partial charge is 0.481 e. The van der Waals surface area contributed by atoms with E-state index in [0.717, 1.165) is 5.56 Å². The third-order valence-corrected chi connectivity index (χ3v) is 2.51. The van der Waals surface area contributed by atoms with Gasteiger partial charge in [-0.3, -0.25) is 9.59 Å². The quantitative estimate of drug-likeness (QED) is 0.644. The molecule has 4 nitrogen and oxygen atoms in total. The Bertz CT molecular complexity index is 432. The molecule has 98 valence electrons. The van der Waals surface area contributed by atoms with Crippen LogP contribution in [0.3, 0.4) is 0 Å². The van der Waals surface area contributed by atoms with E-state index in [9.17, 15) is 9.59 Å². The summed E-state index contributed by atoms with van der Waals surface area (Å²) in [6.07, 6.45) is 0.0170. The number of aliphatic carboxylic acids is 1. The molecular weight excluding hydrogens is 232 g/mol. The number of esters is 1. The summed E-state index contributed by atoms with van der Waals surface area (Å²) in [6, 6.07) is 7.14. The van der Waals surface area contributed by atoms with E-state index in [-0.39, 0.29) is 12.8 Å². The van der Waals surface area contributed by atoms with Crippen LogP contribution in [0.5, 0.6) is 5.75 Å². The van der Waals surface area contributed by atoms with E-state index < -0.39 is 17.4 Å². The van der Waals surface area contributed by atoms with Crippen LogP contribution >= 0.6 is 0 Å². The Labute approximate surface area is 107 Å². The first-order valence-electron chi connectivity index (χ1n) is 5.78. The predicted molar refractivity (Wildman–Crippen MR) is 67.5 cm³/mol. The Kier molecular flexibility index (Phi) is 4.48. The van der Waals surface area contributed by atoms with Crippen LogP contribution in [0.4, 0.5) is 0 Å². The second-order valence-electron chi connectivity index (χ2n) is 5.20. The molecule has 0 aliphatic carbocycles. The molecule has 4 heteroatoms. The van der Waals surface area contributed by atoms with Crippen molar-refractivity contribution in [2.24, 2.45) is 5.41 Å². The number of rotatable bonds is 5. The Morgan fingerprint density at radius 1 is 1.17 bits per heavy atom. The van der Waals surface area contributed by atoms with E-state index in [2.05, 4.69) is 0 Å². The number of carbonyl (C=O) groups is 2. The molecule has 0 amide bonds. The first-order chi connectivity index (χ1) is 8.28. The van der Waals surface area contributed by atoms with Gasteiger partial charge in [-0.05, 0) is 24.5 Å². The number of carbonyl (C=O) groups excluding carboxylic acids is 1. The maximum Gasteiger partial charge on any atom is 0.311 e. The highest BCUT2D eigenvalue weighted by Gasteiger charge is 2.26. The van der Waals surface area contributed by atoms with Crippen molar-refractivity contribution < 1.29 is 19.4 Å². The molecule has 0 spiro atoms. The summed E-state index contributed by atoms with van der Waals surface area (Å²) in [4.78, 5) is 22.3. The molecule has 1 N–H and O–H groups in total. The van der Waals surface area contributed by atoms with Gasteiger partial charge in [-0.1, -0.05) is 31.5 Å². The van der Waals surface area contributed by atoms with Crippen molar-refractivity contribution in [2.45, 2.75) is 33.6 Å². The predicted octanol–water partition coefficient (Wildman–Crippen LogP) is 2.79. The standard InChI is InChI=1S/C14H18O4/c1-10-4-6-11(7-5-10)18-13(17)9-14(2,3)8-12(15)16/h4-7H,8-9H2,1-3H3,(H,15,16). The lowest BCUT2D eigenvalue weighted by atomic mass is 9.86. The zero-order valence-corrected chi connectivity index (χ0v) is 10.9. The second-order valence-corrected chi connectivity index (χ2v) is 5.20. The number of hydrogen-bond acceptors (Lipinski definition) is 3. The minimum Gasteiger partial charge on any atom is -0.481 e. The van der Waals surface area contributed by atoms with Gasteiger partial charge in [-0.15, -0.1) is 0 Å². The summed E-state index contributed by atoms with van der Waals surface area (Å²) in [5.41, 5.74) is 0.481. The van der Waals surface area contributed by atoms with Crippen molar-refractivity contribution in [1.29, 1.82) is 0 Å².